The van der Waals surface area contributed by atoms with Gasteiger partial charge in [0.05, 0.1) is 23.8 Å². The Labute approximate surface area is 157 Å². The smallest absolute Gasteiger partial charge is 0.178 e. The summed E-state index contributed by atoms with van der Waals surface area (Å²) in [6.07, 6.45) is 6.97. The summed E-state index contributed by atoms with van der Waals surface area (Å²) in [6.45, 7) is 4.02. The average Bonchev–Trinajstić information content (AvgIpc) is 3.16. The van der Waals surface area contributed by atoms with Crippen LogP contribution >= 0.6 is 0 Å². The molecule has 4 aromatic rings. The Morgan fingerprint density at radius 1 is 1.04 bits per heavy atom. The van der Waals surface area contributed by atoms with E-state index in [4.69, 9.17) is 10.1 Å². The number of aryl methyl sites for hydroxylation is 4. The number of hydrogen-bond acceptors (Lipinski definition) is 5. The molecule has 0 aromatic carbocycles. The van der Waals surface area contributed by atoms with E-state index in [9.17, 15) is 0 Å². The molecule has 1 fully saturated rings. The van der Waals surface area contributed by atoms with E-state index < -0.39 is 0 Å². The molecular weight excluding hydrogens is 338 g/mol. The number of hydrogen-bond donors (Lipinski definition) is 0. The fourth-order valence-electron chi connectivity index (χ4n) is 3.87. The van der Waals surface area contributed by atoms with Gasteiger partial charge in [-0.05, 0) is 49.4 Å². The van der Waals surface area contributed by atoms with Gasteiger partial charge in [0.25, 0.3) is 0 Å². The lowest BCUT2D eigenvalue weighted by atomic mass is 10.1. The monoisotopic (exact) mass is 359 g/mol. The summed E-state index contributed by atoms with van der Waals surface area (Å²) in [4.78, 5) is 13.8. The molecule has 0 bridgehead atoms. The highest BCUT2D eigenvalue weighted by Crippen LogP contribution is 2.54. The molecule has 2 atom stereocenters. The van der Waals surface area contributed by atoms with E-state index >= 15 is 0 Å². The molecule has 136 valence electrons. The van der Waals surface area contributed by atoms with Crippen LogP contribution in [0.1, 0.15) is 40.8 Å². The fraction of sp³-hybridized carbons (Fsp3) is 0.350. The summed E-state index contributed by atoms with van der Waals surface area (Å²) in [6, 6.07) is 4.19. The second-order valence-electron chi connectivity index (χ2n) is 7.48. The van der Waals surface area contributed by atoms with Crippen LogP contribution in [-0.4, -0.2) is 34.5 Å². The number of aromatic nitrogens is 7. The highest BCUT2D eigenvalue weighted by atomic mass is 15.3. The highest BCUT2D eigenvalue weighted by molar-refractivity contribution is 5.76. The predicted molar refractivity (Wildman–Crippen MR) is 102 cm³/mol. The van der Waals surface area contributed by atoms with E-state index in [2.05, 4.69) is 27.3 Å². The lowest BCUT2D eigenvalue weighted by Crippen LogP contribution is -1.99. The molecule has 4 heterocycles. The fourth-order valence-corrected chi connectivity index (χ4v) is 3.87. The lowest BCUT2D eigenvalue weighted by Gasteiger charge is -2.05. The first-order valence-electron chi connectivity index (χ1n) is 9.13. The minimum atomic E-state index is 0.452. The van der Waals surface area contributed by atoms with E-state index in [0.717, 1.165) is 40.3 Å². The van der Waals surface area contributed by atoms with Gasteiger partial charge in [-0.2, -0.15) is 10.2 Å². The summed E-state index contributed by atoms with van der Waals surface area (Å²) < 4.78 is 3.76. The van der Waals surface area contributed by atoms with E-state index in [1.165, 1.54) is 5.56 Å². The molecule has 1 aliphatic rings. The summed E-state index contributed by atoms with van der Waals surface area (Å²) in [5.41, 5.74) is 7.80. The van der Waals surface area contributed by atoms with Crippen molar-refractivity contribution in [2.75, 3.05) is 0 Å². The third-order valence-electron chi connectivity index (χ3n) is 5.32. The minimum Gasteiger partial charge on any atom is -0.276 e. The van der Waals surface area contributed by atoms with E-state index in [-0.39, 0.29) is 0 Å². The zero-order valence-corrected chi connectivity index (χ0v) is 15.9. The zero-order chi connectivity index (χ0) is 18.7. The van der Waals surface area contributed by atoms with Gasteiger partial charge >= 0.3 is 0 Å². The summed E-state index contributed by atoms with van der Waals surface area (Å²) in [5.74, 6) is 0.965. The van der Waals surface area contributed by atoms with Crippen LogP contribution in [-0.2, 0) is 14.1 Å². The average molecular weight is 359 g/mol. The molecule has 0 amide bonds. The predicted octanol–water partition coefficient (Wildman–Crippen LogP) is 3.05. The maximum Gasteiger partial charge on any atom is 0.178 e. The molecule has 0 spiro atoms. The maximum atomic E-state index is 4.82. The maximum absolute atomic E-state index is 4.82. The molecule has 0 aliphatic heterocycles. The zero-order valence-electron chi connectivity index (χ0n) is 15.9. The van der Waals surface area contributed by atoms with Gasteiger partial charge in [0.1, 0.15) is 11.2 Å². The van der Waals surface area contributed by atoms with Crippen LogP contribution in [0.15, 0.2) is 30.7 Å². The molecule has 0 unspecified atom stereocenters. The van der Waals surface area contributed by atoms with Gasteiger partial charge in [-0.3, -0.25) is 9.36 Å². The van der Waals surface area contributed by atoms with Crippen LogP contribution in [0.2, 0.25) is 0 Å². The number of fused-ring (bicyclic) bond motifs is 1. The Morgan fingerprint density at radius 2 is 1.89 bits per heavy atom. The van der Waals surface area contributed by atoms with Crippen molar-refractivity contribution in [2.24, 2.45) is 14.1 Å². The van der Waals surface area contributed by atoms with Crippen molar-refractivity contribution in [3.63, 3.8) is 0 Å². The Morgan fingerprint density at radius 3 is 2.67 bits per heavy atom. The van der Waals surface area contributed by atoms with Gasteiger partial charge in [-0.25, -0.2) is 15.0 Å². The normalized spacial score (nSPS) is 19.0. The topological polar surface area (TPSA) is 74.3 Å². The van der Waals surface area contributed by atoms with Gasteiger partial charge < -0.3 is 0 Å². The van der Waals surface area contributed by atoms with Crippen LogP contribution in [0.3, 0.4) is 0 Å². The molecule has 1 aliphatic carbocycles. The first kappa shape index (κ1) is 16.1. The third-order valence-corrected chi connectivity index (χ3v) is 5.32. The summed E-state index contributed by atoms with van der Waals surface area (Å²) in [7, 11) is 3.92. The van der Waals surface area contributed by atoms with Crippen molar-refractivity contribution in [2.45, 2.75) is 32.1 Å². The van der Waals surface area contributed by atoms with Gasteiger partial charge in [0.2, 0.25) is 0 Å². The van der Waals surface area contributed by atoms with E-state index in [0.29, 0.717) is 17.5 Å². The van der Waals surface area contributed by atoms with Crippen molar-refractivity contribution < 1.29 is 0 Å². The third kappa shape index (κ3) is 2.70. The van der Waals surface area contributed by atoms with E-state index in [1.54, 1.807) is 6.20 Å². The standard InChI is InChI=1S/C20H21N7/c1-11-5-12(2)23-20-19(11)24-17(9-21-20)18-7-16(25-27(18)4)15-6-14(15)13-8-22-26(3)10-13/h5,7-10,14-15H,6H2,1-4H3/t14-,15+/m0/s1. The second-order valence-corrected chi connectivity index (χ2v) is 7.48. The Kier molecular flexibility index (Phi) is 3.40. The Hall–Kier alpha value is -3.09. The van der Waals surface area contributed by atoms with Crippen molar-refractivity contribution in [3.8, 4) is 11.4 Å². The first-order chi connectivity index (χ1) is 13.0. The molecule has 7 heteroatoms. The molecule has 5 rings (SSSR count). The van der Waals surface area contributed by atoms with Crippen LogP contribution in [0.4, 0.5) is 0 Å². The molecule has 0 N–H and O–H groups in total. The first-order valence-corrected chi connectivity index (χ1v) is 9.13. The number of pyridine rings is 1. The molecule has 4 aromatic heterocycles. The molecular formula is C20H21N7. The lowest BCUT2D eigenvalue weighted by molar-refractivity contribution is 0.745. The van der Waals surface area contributed by atoms with Crippen molar-refractivity contribution in [1.82, 2.24) is 34.5 Å². The number of rotatable bonds is 3. The van der Waals surface area contributed by atoms with Crippen LogP contribution < -0.4 is 0 Å². The Balaban J connectivity index is 1.49. The quantitative estimate of drug-likeness (QED) is 0.562. The molecule has 0 radical (unpaired) electrons. The largest absolute Gasteiger partial charge is 0.276 e. The molecule has 1 saturated carbocycles. The molecule has 0 saturated heterocycles. The van der Waals surface area contributed by atoms with Crippen LogP contribution in [0, 0.1) is 13.8 Å². The van der Waals surface area contributed by atoms with Crippen molar-refractivity contribution in [3.05, 3.63) is 53.2 Å². The highest BCUT2D eigenvalue weighted by Gasteiger charge is 2.42. The van der Waals surface area contributed by atoms with E-state index in [1.807, 2.05) is 49.6 Å². The second kappa shape index (κ2) is 5.70. The number of nitrogens with zero attached hydrogens (tertiary/aromatic N) is 7. The van der Waals surface area contributed by atoms with Gasteiger partial charge in [-0.15, -0.1) is 0 Å². The van der Waals surface area contributed by atoms with Gasteiger partial charge in [-0.1, -0.05) is 0 Å². The van der Waals surface area contributed by atoms with Gasteiger partial charge in [0, 0.05) is 31.9 Å². The van der Waals surface area contributed by atoms with Crippen LogP contribution in [0.25, 0.3) is 22.6 Å². The SMILES string of the molecule is Cc1cc(C)c2nc(-c3cc([C@@H]4C[C@H]4c4cnn(C)c4)nn3C)cnc2n1. The van der Waals surface area contributed by atoms with Gasteiger partial charge in [0.15, 0.2) is 5.65 Å². The van der Waals surface area contributed by atoms with Crippen molar-refractivity contribution >= 4 is 11.2 Å². The van der Waals surface area contributed by atoms with Crippen LogP contribution in [0.5, 0.6) is 0 Å². The summed E-state index contributed by atoms with van der Waals surface area (Å²) >= 11 is 0. The summed E-state index contributed by atoms with van der Waals surface area (Å²) in [5, 5.41) is 9.04. The minimum absolute atomic E-state index is 0.452. The molecule has 27 heavy (non-hydrogen) atoms. The van der Waals surface area contributed by atoms with Crippen molar-refractivity contribution in [1.29, 1.82) is 0 Å². The Bertz CT molecular complexity index is 1170. The molecule has 7 nitrogen and oxygen atoms in total.